The van der Waals surface area contributed by atoms with Gasteiger partial charge in [-0.05, 0) is 43.4 Å². The second-order valence-electron chi connectivity index (χ2n) is 10.7. The van der Waals surface area contributed by atoms with Gasteiger partial charge in [0, 0.05) is 86.0 Å². The predicted molar refractivity (Wildman–Crippen MR) is 148 cm³/mol. The normalized spacial score (nSPS) is 20.6. The van der Waals surface area contributed by atoms with Crippen molar-refractivity contribution in [1.29, 1.82) is 0 Å². The van der Waals surface area contributed by atoms with E-state index in [4.69, 9.17) is 0 Å². The van der Waals surface area contributed by atoms with Crippen molar-refractivity contribution in [2.24, 2.45) is 11.8 Å². The first kappa shape index (κ1) is 24.9. The summed E-state index contributed by atoms with van der Waals surface area (Å²) < 4.78 is 2.03. The highest BCUT2D eigenvalue weighted by molar-refractivity contribution is 5.97. The molecule has 1 unspecified atom stereocenters. The third-order valence-corrected chi connectivity index (χ3v) is 7.89. The second-order valence-corrected chi connectivity index (χ2v) is 10.7. The molecular weight excluding hydrogens is 478 g/mol. The van der Waals surface area contributed by atoms with Gasteiger partial charge in [0.25, 0.3) is 0 Å². The minimum Gasteiger partial charge on any atom is -0.387 e. The molecule has 9 heteroatoms. The monoisotopic (exact) mass is 513 g/mol. The lowest BCUT2D eigenvalue weighted by molar-refractivity contribution is -0.117. The first-order chi connectivity index (χ1) is 18.5. The number of pyridine rings is 3. The molecule has 5 heterocycles. The topological polar surface area (TPSA) is 108 Å². The standard InChI is InChI=1S/C29H35N7O2/c1-3-4-26(37)24-11-18(2)23(16-32-24)22-12-19-15-33-27(14-25(19)36-10-7-31-28(22)36)34-29(38)21-13-20(21)17-35-8-5-30-6-9-35/h7,10-12,14-16,20-21,26,30,37H,3-6,8-9,13,17H2,1-2H3,(H,33,34,38)/t20-,21+,26?/m0/s1. The molecule has 3 N–H and O–H groups in total. The van der Waals surface area contributed by atoms with Gasteiger partial charge in [-0.25, -0.2) is 9.97 Å². The smallest absolute Gasteiger partial charge is 0.228 e. The molecule has 38 heavy (non-hydrogen) atoms. The molecule has 6 rings (SSSR count). The van der Waals surface area contributed by atoms with Gasteiger partial charge < -0.3 is 20.6 Å². The SMILES string of the molecule is CCCC(O)c1cc(C)c(-c2cc3cnc(NC(=O)[C@@H]4C[C@H]4CN4CCNCC4)cc3n3ccnc23)cn1. The Balaban J connectivity index is 1.23. The van der Waals surface area contributed by atoms with Crippen molar-refractivity contribution >= 4 is 28.3 Å². The van der Waals surface area contributed by atoms with Crippen LogP contribution in [0.3, 0.4) is 0 Å². The van der Waals surface area contributed by atoms with Crippen LogP contribution in [0, 0.1) is 18.8 Å². The number of imidazole rings is 1. The van der Waals surface area contributed by atoms with Crippen LogP contribution >= 0.6 is 0 Å². The molecular formula is C29H35N7O2. The summed E-state index contributed by atoms with van der Waals surface area (Å²) >= 11 is 0. The molecule has 0 bridgehead atoms. The van der Waals surface area contributed by atoms with Gasteiger partial charge in [0.15, 0.2) is 0 Å². The predicted octanol–water partition coefficient (Wildman–Crippen LogP) is 3.57. The van der Waals surface area contributed by atoms with Crippen LogP contribution in [0.1, 0.15) is 43.5 Å². The number of piperazine rings is 1. The van der Waals surface area contributed by atoms with E-state index in [-0.39, 0.29) is 11.8 Å². The van der Waals surface area contributed by atoms with Crippen molar-refractivity contribution in [3.8, 4) is 11.1 Å². The van der Waals surface area contributed by atoms with E-state index in [1.54, 1.807) is 12.4 Å². The number of amides is 1. The quantitative estimate of drug-likeness (QED) is 0.331. The van der Waals surface area contributed by atoms with E-state index >= 15 is 0 Å². The average molecular weight is 514 g/mol. The Labute approximate surface area is 222 Å². The lowest BCUT2D eigenvalue weighted by Gasteiger charge is -2.27. The largest absolute Gasteiger partial charge is 0.387 e. The highest BCUT2D eigenvalue weighted by Crippen LogP contribution is 2.40. The summed E-state index contributed by atoms with van der Waals surface area (Å²) in [7, 11) is 0. The van der Waals surface area contributed by atoms with Crippen LogP contribution in [0.15, 0.2) is 43.0 Å². The molecule has 1 aliphatic heterocycles. The zero-order valence-electron chi connectivity index (χ0n) is 22.0. The number of rotatable bonds is 8. The number of carbonyl (C=O) groups excluding carboxylic acids is 1. The van der Waals surface area contributed by atoms with Gasteiger partial charge in [-0.3, -0.25) is 14.2 Å². The van der Waals surface area contributed by atoms with E-state index < -0.39 is 6.10 Å². The van der Waals surface area contributed by atoms with E-state index in [0.29, 0.717) is 23.9 Å². The Morgan fingerprint density at radius 2 is 2.00 bits per heavy atom. The molecule has 4 aromatic rings. The maximum atomic E-state index is 12.9. The first-order valence-electron chi connectivity index (χ1n) is 13.7. The number of aliphatic hydroxyl groups is 1. The lowest BCUT2D eigenvalue weighted by Crippen LogP contribution is -2.44. The van der Waals surface area contributed by atoms with Gasteiger partial charge >= 0.3 is 0 Å². The summed E-state index contributed by atoms with van der Waals surface area (Å²) in [5.74, 6) is 1.11. The molecule has 4 aromatic heterocycles. The zero-order chi connectivity index (χ0) is 26.2. The van der Waals surface area contributed by atoms with E-state index in [1.165, 1.54) is 0 Å². The highest BCUT2D eigenvalue weighted by atomic mass is 16.3. The summed E-state index contributed by atoms with van der Waals surface area (Å²) in [6, 6.07) is 5.96. The molecule has 2 fully saturated rings. The van der Waals surface area contributed by atoms with Crippen molar-refractivity contribution in [3.05, 3.63) is 54.2 Å². The number of fused-ring (bicyclic) bond motifs is 3. The Bertz CT molecular complexity index is 1480. The van der Waals surface area contributed by atoms with E-state index in [0.717, 1.165) is 78.8 Å². The second kappa shape index (κ2) is 10.4. The molecule has 1 amide bonds. The number of aliphatic hydroxyl groups excluding tert-OH is 1. The minimum absolute atomic E-state index is 0.0579. The molecule has 3 atom stereocenters. The van der Waals surface area contributed by atoms with Crippen molar-refractivity contribution in [2.75, 3.05) is 38.0 Å². The molecule has 0 spiro atoms. The maximum absolute atomic E-state index is 12.9. The third-order valence-electron chi connectivity index (χ3n) is 7.89. The molecule has 1 saturated heterocycles. The first-order valence-corrected chi connectivity index (χ1v) is 13.7. The Hall–Kier alpha value is -3.40. The minimum atomic E-state index is -0.554. The van der Waals surface area contributed by atoms with Gasteiger partial charge in [-0.2, -0.15) is 0 Å². The number of carbonyl (C=O) groups is 1. The van der Waals surface area contributed by atoms with Gasteiger partial charge in [-0.15, -0.1) is 0 Å². The fourth-order valence-electron chi connectivity index (χ4n) is 5.64. The number of hydrogen-bond acceptors (Lipinski definition) is 7. The number of hydrogen-bond donors (Lipinski definition) is 3. The summed E-state index contributed by atoms with van der Waals surface area (Å²) in [6.07, 6.45) is 9.32. The maximum Gasteiger partial charge on any atom is 0.228 e. The fraction of sp³-hybridized carbons (Fsp3) is 0.448. The van der Waals surface area contributed by atoms with Crippen molar-refractivity contribution < 1.29 is 9.90 Å². The molecule has 0 aromatic carbocycles. The van der Waals surface area contributed by atoms with Crippen LogP contribution < -0.4 is 10.6 Å². The Kier molecular flexibility index (Phi) is 6.82. The lowest BCUT2D eigenvalue weighted by atomic mass is 10.00. The fourth-order valence-corrected chi connectivity index (χ4v) is 5.64. The number of aryl methyl sites for hydroxylation is 1. The van der Waals surface area contributed by atoms with E-state index in [2.05, 4.69) is 43.5 Å². The molecule has 1 saturated carbocycles. The van der Waals surface area contributed by atoms with Crippen LogP contribution in [0.25, 0.3) is 27.7 Å². The summed E-state index contributed by atoms with van der Waals surface area (Å²) in [5.41, 5.74) is 5.40. The van der Waals surface area contributed by atoms with Gasteiger partial charge in [0.2, 0.25) is 5.91 Å². The molecule has 9 nitrogen and oxygen atoms in total. The third kappa shape index (κ3) is 4.89. The number of nitrogens with zero attached hydrogens (tertiary/aromatic N) is 5. The Morgan fingerprint density at radius 1 is 1.16 bits per heavy atom. The average Bonchev–Trinajstić information content (AvgIpc) is 3.51. The summed E-state index contributed by atoms with van der Waals surface area (Å²) in [6.45, 7) is 9.25. The van der Waals surface area contributed by atoms with Crippen molar-refractivity contribution in [2.45, 2.75) is 39.2 Å². The van der Waals surface area contributed by atoms with Crippen molar-refractivity contribution in [1.82, 2.24) is 29.6 Å². The van der Waals surface area contributed by atoms with Crippen LogP contribution in [0.5, 0.6) is 0 Å². The number of anilines is 1. The van der Waals surface area contributed by atoms with Crippen LogP contribution in [-0.4, -0.2) is 68.0 Å². The summed E-state index contributed by atoms with van der Waals surface area (Å²) in [4.78, 5) is 29.2. The van der Waals surface area contributed by atoms with Crippen LogP contribution in [-0.2, 0) is 4.79 Å². The number of nitrogens with one attached hydrogen (secondary N) is 2. The van der Waals surface area contributed by atoms with Gasteiger partial charge in [0.05, 0.1) is 17.3 Å². The van der Waals surface area contributed by atoms with Crippen LogP contribution in [0.4, 0.5) is 5.82 Å². The molecule has 2 aliphatic rings. The summed E-state index contributed by atoms with van der Waals surface area (Å²) in [5, 5.41) is 17.8. The van der Waals surface area contributed by atoms with Crippen molar-refractivity contribution in [3.63, 3.8) is 0 Å². The highest BCUT2D eigenvalue weighted by Gasteiger charge is 2.43. The van der Waals surface area contributed by atoms with E-state index in [1.807, 2.05) is 35.9 Å². The van der Waals surface area contributed by atoms with Gasteiger partial charge in [0.1, 0.15) is 11.5 Å². The molecule has 198 valence electrons. The molecule has 1 aliphatic carbocycles. The Morgan fingerprint density at radius 3 is 2.79 bits per heavy atom. The number of aromatic nitrogens is 4. The van der Waals surface area contributed by atoms with Crippen LogP contribution in [0.2, 0.25) is 0 Å². The molecule has 0 radical (unpaired) electrons. The zero-order valence-corrected chi connectivity index (χ0v) is 22.0. The van der Waals surface area contributed by atoms with Gasteiger partial charge in [-0.1, -0.05) is 13.3 Å². The van der Waals surface area contributed by atoms with E-state index in [9.17, 15) is 9.90 Å².